The van der Waals surface area contributed by atoms with E-state index in [9.17, 15) is 8.42 Å². The zero-order valence-corrected chi connectivity index (χ0v) is 17.4. The monoisotopic (exact) mass is 398 g/mol. The highest BCUT2D eigenvalue weighted by atomic mass is 32.2. The molecular weight excluding hydrogens is 368 g/mol. The number of anilines is 1. The summed E-state index contributed by atoms with van der Waals surface area (Å²) in [5, 5.41) is 3.87. The number of sulfonamides is 1. The Hall–Kier alpha value is -1.85. The lowest BCUT2D eigenvalue weighted by atomic mass is 9.58. The molecule has 0 aromatic heterocycles. The summed E-state index contributed by atoms with van der Waals surface area (Å²) < 4.78 is 25.9. The minimum absolute atomic E-state index is 0.148. The lowest BCUT2D eigenvalue weighted by Gasteiger charge is -2.53. The van der Waals surface area contributed by atoms with Gasteiger partial charge in [0.25, 0.3) is 0 Å². The van der Waals surface area contributed by atoms with Crippen LogP contribution in [0.1, 0.15) is 49.7 Å². The topological polar surface area (TPSA) is 58.2 Å². The number of rotatable bonds is 6. The molecule has 1 aliphatic heterocycles. The van der Waals surface area contributed by atoms with E-state index >= 15 is 0 Å². The molecule has 0 amide bonds. The summed E-state index contributed by atoms with van der Waals surface area (Å²) in [5.41, 5.74) is 3.70. The van der Waals surface area contributed by atoms with Gasteiger partial charge in [-0.3, -0.25) is 4.72 Å². The van der Waals surface area contributed by atoms with Crippen LogP contribution in [0.3, 0.4) is 0 Å². The largest absolute Gasteiger partial charge is 0.311 e. The molecule has 5 heteroatoms. The van der Waals surface area contributed by atoms with E-state index in [1.54, 1.807) is 0 Å². The van der Waals surface area contributed by atoms with Gasteiger partial charge in [0.1, 0.15) is 0 Å². The molecule has 1 saturated heterocycles. The van der Waals surface area contributed by atoms with Gasteiger partial charge in [-0.25, -0.2) is 8.42 Å². The summed E-state index contributed by atoms with van der Waals surface area (Å²) in [6, 6.07) is 18.8. The molecule has 2 N–H and O–H groups in total. The van der Waals surface area contributed by atoms with Crippen molar-refractivity contribution in [2.75, 3.05) is 17.5 Å². The van der Waals surface area contributed by atoms with Crippen LogP contribution >= 0.6 is 0 Å². The van der Waals surface area contributed by atoms with Crippen molar-refractivity contribution < 1.29 is 8.42 Å². The molecule has 4 nitrogen and oxygen atoms in total. The highest BCUT2D eigenvalue weighted by Crippen LogP contribution is 2.50. The van der Waals surface area contributed by atoms with E-state index in [0.29, 0.717) is 5.69 Å². The summed E-state index contributed by atoms with van der Waals surface area (Å²) in [7, 11) is -3.26. The van der Waals surface area contributed by atoms with Gasteiger partial charge < -0.3 is 5.32 Å². The van der Waals surface area contributed by atoms with Gasteiger partial charge >= 0.3 is 0 Å². The third-order valence-electron chi connectivity index (χ3n) is 6.60. The number of aryl methyl sites for hydroxylation is 1. The molecule has 2 unspecified atom stereocenters. The minimum Gasteiger partial charge on any atom is -0.311 e. The maximum absolute atomic E-state index is 11.7. The Balaban J connectivity index is 1.56. The zero-order chi connectivity index (χ0) is 19.7. The quantitative estimate of drug-likeness (QED) is 0.765. The lowest BCUT2D eigenvalue weighted by Crippen LogP contribution is -2.58. The second-order valence-corrected chi connectivity index (χ2v) is 10.5. The number of piperidine rings is 1. The molecule has 2 fully saturated rings. The van der Waals surface area contributed by atoms with Crippen LogP contribution in [-0.2, 0) is 21.9 Å². The molecule has 1 aliphatic carbocycles. The Morgan fingerprint density at radius 2 is 1.86 bits per heavy atom. The molecule has 0 spiro atoms. The first-order valence-corrected chi connectivity index (χ1v) is 12.1. The van der Waals surface area contributed by atoms with Crippen LogP contribution in [0.5, 0.6) is 0 Å². The van der Waals surface area contributed by atoms with Crippen molar-refractivity contribution in [1.29, 1.82) is 0 Å². The molecule has 0 radical (unpaired) electrons. The number of hydrogen-bond acceptors (Lipinski definition) is 3. The van der Waals surface area contributed by atoms with E-state index < -0.39 is 10.0 Å². The Morgan fingerprint density at radius 1 is 1.04 bits per heavy atom. The number of benzene rings is 2. The Bertz CT molecular complexity index is 915. The second-order valence-electron chi connectivity index (χ2n) is 8.71. The van der Waals surface area contributed by atoms with E-state index in [4.69, 9.17) is 0 Å². The summed E-state index contributed by atoms with van der Waals surface area (Å²) in [6.45, 7) is 1.03. The molecule has 2 bridgehead atoms. The predicted molar refractivity (Wildman–Crippen MR) is 115 cm³/mol. The maximum atomic E-state index is 11.7. The minimum atomic E-state index is -3.26. The van der Waals surface area contributed by atoms with Crippen LogP contribution in [0.15, 0.2) is 54.6 Å². The Labute approximate surface area is 168 Å². The summed E-state index contributed by atoms with van der Waals surface area (Å²) in [4.78, 5) is 0. The molecule has 2 aliphatic rings. The van der Waals surface area contributed by atoms with Crippen LogP contribution in [0.2, 0.25) is 0 Å². The molecule has 1 saturated carbocycles. The zero-order valence-electron chi connectivity index (χ0n) is 16.6. The number of nitrogens with one attached hydrogen (secondary N) is 2. The van der Waals surface area contributed by atoms with Crippen LogP contribution in [-0.4, -0.2) is 26.8 Å². The number of fused-ring (bicyclic) bond motifs is 2. The van der Waals surface area contributed by atoms with Crippen molar-refractivity contribution in [2.45, 2.75) is 55.9 Å². The van der Waals surface area contributed by atoms with E-state index in [2.05, 4.69) is 52.5 Å². The predicted octanol–water partition coefficient (Wildman–Crippen LogP) is 4.23. The fourth-order valence-corrected chi connectivity index (χ4v) is 5.92. The Morgan fingerprint density at radius 3 is 2.64 bits per heavy atom. The van der Waals surface area contributed by atoms with Crippen molar-refractivity contribution in [2.24, 2.45) is 0 Å². The SMILES string of the molecule is CS(=O)(=O)Nc1cccc(C23CCCC(CCc4ccccc4)(C2)NCC3)c1. The first-order chi connectivity index (χ1) is 13.4. The van der Waals surface area contributed by atoms with Gasteiger partial charge in [0.15, 0.2) is 0 Å². The fourth-order valence-electron chi connectivity index (χ4n) is 5.37. The van der Waals surface area contributed by atoms with Crippen molar-refractivity contribution in [1.82, 2.24) is 5.32 Å². The average molecular weight is 399 g/mol. The molecule has 2 aromatic carbocycles. The average Bonchev–Trinajstić information content (AvgIpc) is 2.66. The molecule has 28 heavy (non-hydrogen) atoms. The van der Waals surface area contributed by atoms with Crippen LogP contribution in [0.25, 0.3) is 0 Å². The fraction of sp³-hybridized carbons (Fsp3) is 0.478. The normalized spacial score (nSPS) is 27.3. The Kier molecular flexibility index (Phi) is 5.23. The van der Waals surface area contributed by atoms with Gasteiger partial charge in [0, 0.05) is 11.2 Å². The smallest absolute Gasteiger partial charge is 0.229 e. The van der Waals surface area contributed by atoms with Crippen LogP contribution in [0.4, 0.5) is 5.69 Å². The van der Waals surface area contributed by atoms with Crippen molar-refractivity contribution in [3.8, 4) is 0 Å². The van der Waals surface area contributed by atoms with Crippen molar-refractivity contribution in [3.05, 3.63) is 65.7 Å². The van der Waals surface area contributed by atoms with Crippen molar-refractivity contribution >= 4 is 15.7 Å². The van der Waals surface area contributed by atoms with E-state index in [1.165, 1.54) is 36.6 Å². The van der Waals surface area contributed by atoms with Gasteiger partial charge in [-0.2, -0.15) is 0 Å². The maximum Gasteiger partial charge on any atom is 0.229 e. The van der Waals surface area contributed by atoms with E-state index in [1.807, 2.05) is 12.1 Å². The molecule has 2 atom stereocenters. The van der Waals surface area contributed by atoms with Crippen LogP contribution < -0.4 is 10.0 Å². The first-order valence-electron chi connectivity index (χ1n) is 10.3. The van der Waals surface area contributed by atoms with Gasteiger partial charge in [0.2, 0.25) is 10.0 Å². The summed E-state index contributed by atoms with van der Waals surface area (Å²) in [5.74, 6) is 0. The third kappa shape index (κ3) is 4.26. The highest BCUT2D eigenvalue weighted by Gasteiger charge is 2.48. The lowest BCUT2D eigenvalue weighted by molar-refractivity contribution is 0.0915. The third-order valence-corrected chi connectivity index (χ3v) is 7.21. The molecular formula is C23H30N2O2S. The summed E-state index contributed by atoms with van der Waals surface area (Å²) >= 11 is 0. The molecule has 4 rings (SSSR count). The first kappa shape index (κ1) is 19.5. The molecule has 2 aromatic rings. The highest BCUT2D eigenvalue weighted by molar-refractivity contribution is 7.92. The number of hydrogen-bond donors (Lipinski definition) is 2. The van der Waals surface area contributed by atoms with Gasteiger partial charge in [-0.15, -0.1) is 0 Å². The molecule has 150 valence electrons. The van der Waals surface area contributed by atoms with E-state index in [-0.39, 0.29) is 11.0 Å². The van der Waals surface area contributed by atoms with Crippen LogP contribution in [0, 0.1) is 0 Å². The van der Waals surface area contributed by atoms with E-state index in [0.717, 1.165) is 32.2 Å². The molecule has 1 heterocycles. The van der Waals surface area contributed by atoms with Gasteiger partial charge in [-0.1, -0.05) is 48.9 Å². The summed E-state index contributed by atoms with van der Waals surface area (Å²) in [6.07, 6.45) is 9.33. The standard InChI is InChI=1S/C23H30N2O2S/c1-28(26,27)25-21-10-5-9-20(17-21)22-12-6-13-23(18-22,24-16-15-22)14-11-19-7-3-2-4-8-19/h2-5,7-10,17,24-25H,6,11-16,18H2,1H3. The van der Waals surface area contributed by atoms with Crippen molar-refractivity contribution in [3.63, 3.8) is 0 Å². The van der Waals surface area contributed by atoms with Gasteiger partial charge in [-0.05, 0) is 73.7 Å². The van der Waals surface area contributed by atoms with Gasteiger partial charge in [0.05, 0.1) is 6.26 Å². The second kappa shape index (κ2) is 7.53.